The highest BCUT2D eigenvalue weighted by atomic mass is 35.5. The maximum atomic E-state index is 14.3. The Morgan fingerprint density at radius 2 is 1.88 bits per heavy atom. The lowest BCUT2D eigenvalue weighted by Crippen LogP contribution is -2.41. The van der Waals surface area contributed by atoms with E-state index in [-0.39, 0.29) is 51.2 Å². The van der Waals surface area contributed by atoms with Crippen molar-refractivity contribution < 1.29 is 32.2 Å². The fourth-order valence-electron chi connectivity index (χ4n) is 4.14. The zero-order valence-corrected chi connectivity index (χ0v) is 23.9. The van der Waals surface area contributed by atoms with E-state index >= 15 is 0 Å². The van der Waals surface area contributed by atoms with Crippen molar-refractivity contribution in [3.05, 3.63) is 88.5 Å². The molecule has 1 atom stereocenters. The largest absolute Gasteiger partial charge is 0.490 e. The molecule has 0 N–H and O–H groups in total. The van der Waals surface area contributed by atoms with Crippen molar-refractivity contribution in [2.45, 2.75) is 26.1 Å². The fraction of sp³-hybridized carbons (Fsp3) is 0.250. The minimum atomic E-state index is -5.02. The van der Waals surface area contributed by atoms with Gasteiger partial charge < -0.3 is 14.2 Å². The maximum absolute atomic E-state index is 14.3. The highest BCUT2D eigenvalue weighted by Crippen LogP contribution is 2.39. The molecule has 1 aliphatic rings. The number of terminal acetylenes is 1. The smallest absolute Gasteiger partial charge is 0.434 e. The number of benzene rings is 2. The van der Waals surface area contributed by atoms with Gasteiger partial charge in [-0.15, -0.1) is 6.42 Å². The fourth-order valence-corrected chi connectivity index (χ4v) is 5.54. The first-order valence-corrected chi connectivity index (χ1v) is 13.7. The second kappa shape index (κ2) is 12.4. The molecule has 3 aromatic rings. The van der Waals surface area contributed by atoms with Gasteiger partial charge >= 0.3 is 12.1 Å². The molecule has 7 nitrogen and oxygen atoms in total. The van der Waals surface area contributed by atoms with Gasteiger partial charge in [-0.25, -0.2) is 9.79 Å². The topological polar surface area (TPSA) is 79.1 Å². The number of esters is 1. The molecule has 13 heteroatoms. The van der Waals surface area contributed by atoms with Crippen LogP contribution in [-0.4, -0.2) is 36.5 Å². The van der Waals surface area contributed by atoms with Crippen LogP contribution >= 0.6 is 34.5 Å². The molecule has 0 saturated heterocycles. The van der Waals surface area contributed by atoms with Crippen molar-refractivity contribution in [2.24, 2.45) is 4.99 Å². The number of carbonyl (C=O) groups is 1. The Bertz CT molecular complexity index is 1740. The van der Waals surface area contributed by atoms with Gasteiger partial charge in [-0.3, -0.25) is 9.36 Å². The Kier molecular flexibility index (Phi) is 9.17. The zero-order chi connectivity index (χ0) is 29.9. The molecule has 0 amide bonds. The standard InChI is InChI=1S/C28H21Cl2F3N2O5S/c1-4-11-40-23-18(30)12-15(13-19(23)38-5-2)14-20-25(36)35-22(16-7-9-17(29)10-8-16)21(26(37)39-6-3)24(28(31,32)33)34-27(35)41-20/h1,7-10,12-14,22H,5-6,11H2,2-3H3/b20-14-/t22-/m1/s1. The summed E-state index contributed by atoms with van der Waals surface area (Å²) in [6, 6.07) is 7.34. The van der Waals surface area contributed by atoms with E-state index in [0.717, 1.165) is 15.9 Å². The normalized spacial score (nSPS) is 15.2. The molecule has 0 fully saturated rings. The first-order valence-electron chi connectivity index (χ1n) is 12.1. The SMILES string of the molecule is C#CCOc1c(Cl)cc(/C=c2\sc3n(c2=O)[C@H](c2ccc(Cl)cc2)C(C(=O)OCC)=C(C(F)(F)F)N=3)cc1OCC. The van der Waals surface area contributed by atoms with Gasteiger partial charge in [0, 0.05) is 5.02 Å². The summed E-state index contributed by atoms with van der Waals surface area (Å²) in [6.07, 6.45) is 1.69. The number of rotatable bonds is 8. The molecule has 0 bridgehead atoms. The summed E-state index contributed by atoms with van der Waals surface area (Å²) in [5.41, 5.74) is -2.32. The summed E-state index contributed by atoms with van der Waals surface area (Å²) in [4.78, 5) is 30.1. The average molecular weight is 625 g/mol. The van der Waals surface area contributed by atoms with Gasteiger partial charge in [0.2, 0.25) is 0 Å². The number of aromatic nitrogens is 1. The Morgan fingerprint density at radius 3 is 2.49 bits per heavy atom. The molecular formula is C28H21Cl2F3N2O5S. The Hall–Kier alpha value is -3.72. The molecule has 0 aliphatic carbocycles. The Morgan fingerprint density at radius 1 is 1.17 bits per heavy atom. The van der Waals surface area contributed by atoms with E-state index in [0.29, 0.717) is 10.6 Å². The summed E-state index contributed by atoms with van der Waals surface area (Å²) in [5.74, 6) is 1.56. The second-order valence-electron chi connectivity index (χ2n) is 8.37. The number of allylic oxidation sites excluding steroid dienone is 1. The predicted molar refractivity (Wildman–Crippen MR) is 149 cm³/mol. The van der Waals surface area contributed by atoms with Crippen LogP contribution in [-0.2, 0) is 9.53 Å². The van der Waals surface area contributed by atoms with Crippen molar-refractivity contribution in [1.82, 2.24) is 4.57 Å². The first kappa shape index (κ1) is 30.2. The molecule has 0 spiro atoms. The lowest BCUT2D eigenvalue weighted by Gasteiger charge is -2.26. The van der Waals surface area contributed by atoms with Gasteiger partial charge in [-0.1, -0.05) is 52.6 Å². The van der Waals surface area contributed by atoms with E-state index < -0.39 is 35.0 Å². The summed E-state index contributed by atoms with van der Waals surface area (Å²) < 4.78 is 59.9. The third-order valence-corrected chi connectivity index (χ3v) is 7.23. The quantitative estimate of drug-likeness (QED) is 0.259. The lowest BCUT2D eigenvalue weighted by atomic mass is 9.95. The van der Waals surface area contributed by atoms with Gasteiger partial charge in [0.1, 0.15) is 6.61 Å². The third-order valence-electron chi connectivity index (χ3n) is 5.71. The monoisotopic (exact) mass is 624 g/mol. The minimum Gasteiger partial charge on any atom is -0.490 e. The molecule has 0 saturated carbocycles. The van der Waals surface area contributed by atoms with Crippen molar-refractivity contribution in [2.75, 3.05) is 19.8 Å². The molecule has 2 aromatic carbocycles. The minimum absolute atomic E-state index is 0.0326. The van der Waals surface area contributed by atoms with Crippen LogP contribution < -0.4 is 24.4 Å². The predicted octanol–water partition coefficient (Wildman–Crippen LogP) is 5.06. The lowest BCUT2D eigenvalue weighted by molar-refractivity contribution is -0.140. The summed E-state index contributed by atoms with van der Waals surface area (Å²) in [7, 11) is 0. The number of halogens is 5. The molecule has 0 radical (unpaired) electrons. The van der Waals surface area contributed by atoms with Gasteiger partial charge in [0.25, 0.3) is 5.56 Å². The van der Waals surface area contributed by atoms with Crippen LogP contribution in [0.3, 0.4) is 0 Å². The van der Waals surface area contributed by atoms with Crippen LogP contribution in [0.2, 0.25) is 10.0 Å². The number of alkyl halides is 3. The van der Waals surface area contributed by atoms with Crippen LogP contribution in [0.15, 0.2) is 57.5 Å². The number of hydrogen-bond donors (Lipinski definition) is 0. The van der Waals surface area contributed by atoms with Gasteiger partial charge in [-0.2, -0.15) is 13.2 Å². The van der Waals surface area contributed by atoms with Crippen molar-refractivity contribution >= 4 is 46.6 Å². The summed E-state index contributed by atoms with van der Waals surface area (Å²) in [6.45, 7) is 3.23. The Labute approximate surface area is 246 Å². The van der Waals surface area contributed by atoms with Crippen LogP contribution in [0.25, 0.3) is 6.08 Å². The van der Waals surface area contributed by atoms with Crippen LogP contribution in [0.4, 0.5) is 13.2 Å². The van der Waals surface area contributed by atoms with Crippen molar-refractivity contribution in [3.8, 4) is 23.8 Å². The number of carbonyl (C=O) groups excluding carboxylic acids is 1. The number of hydrogen-bond acceptors (Lipinski definition) is 7. The molecule has 1 aliphatic heterocycles. The first-order chi connectivity index (χ1) is 19.5. The maximum Gasteiger partial charge on any atom is 0.434 e. The van der Waals surface area contributed by atoms with E-state index in [9.17, 15) is 22.8 Å². The Balaban J connectivity index is 1.99. The third kappa shape index (κ3) is 6.30. The van der Waals surface area contributed by atoms with Crippen LogP contribution in [0.1, 0.15) is 31.0 Å². The van der Waals surface area contributed by atoms with Gasteiger partial charge in [0.15, 0.2) is 22.0 Å². The van der Waals surface area contributed by atoms with E-state index in [4.69, 9.17) is 43.8 Å². The number of thiazole rings is 1. The van der Waals surface area contributed by atoms with Crippen molar-refractivity contribution in [1.29, 1.82) is 0 Å². The van der Waals surface area contributed by atoms with E-state index in [1.54, 1.807) is 13.0 Å². The number of fused-ring (bicyclic) bond motifs is 1. The summed E-state index contributed by atoms with van der Waals surface area (Å²) in [5, 5.41) is 0.462. The van der Waals surface area contributed by atoms with Crippen LogP contribution in [0, 0.1) is 12.3 Å². The van der Waals surface area contributed by atoms with Gasteiger partial charge in [0.05, 0.1) is 34.4 Å². The van der Waals surface area contributed by atoms with Crippen molar-refractivity contribution in [3.63, 3.8) is 0 Å². The average Bonchev–Trinajstić information content (AvgIpc) is 3.22. The number of nitrogens with zero attached hydrogens (tertiary/aromatic N) is 2. The van der Waals surface area contributed by atoms with Gasteiger partial charge in [-0.05, 0) is 55.3 Å². The second-order valence-corrected chi connectivity index (χ2v) is 10.2. The molecular weight excluding hydrogens is 604 g/mol. The van der Waals surface area contributed by atoms with E-state index in [2.05, 4.69) is 10.9 Å². The molecule has 1 aromatic heterocycles. The summed E-state index contributed by atoms with van der Waals surface area (Å²) >= 11 is 13.1. The van der Waals surface area contributed by atoms with E-state index in [1.807, 2.05) is 0 Å². The molecule has 214 valence electrons. The van der Waals surface area contributed by atoms with E-state index in [1.165, 1.54) is 43.3 Å². The number of ether oxygens (including phenoxy) is 3. The highest BCUT2D eigenvalue weighted by Gasteiger charge is 2.45. The molecule has 4 rings (SSSR count). The zero-order valence-electron chi connectivity index (χ0n) is 21.6. The molecule has 0 unspecified atom stereocenters. The van der Waals surface area contributed by atoms with Crippen LogP contribution in [0.5, 0.6) is 11.5 Å². The highest BCUT2D eigenvalue weighted by molar-refractivity contribution is 7.07. The molecule has 2 heterocycles. The molecule has 41 heavy (non-hydrogen) atoms.